The highest BCUT2D eigenvalue weighted by atomic mass is 32.1. The molecule has 0 radical (unpaired) electrons. The molecule has 2 aromatic heterocycles. The lowest BCUT2D eigenvalue weighted by atomic mass is 10.3. The van der Waals surface area contributed by atoms with Gasteiger partial charge < -0.3 is 10.8 Å². The van der Waals surface area contributed by atoms with E-state index in [0.717, 1.165) is 4.88 Å². The molecular formula is C10H11NOS2. The summed E-state index contributed by atoms with van der Waals surface area (Å²) in [6, 6.07) is 8.08. The summed E-state index contributed by atoms with van der Waals surface area (Å²) >= 11 is 3.31. The van der Waals surface area contributed by atoms with E-state index in [-0.39, 0.29) is 6.54 Å². The Labute approximate surface area is 90.6 Å². The summed E-state index contributed by atoms with van der Waals surface area (Å²) in [5.41, 5.74) is 5.39. The second-order valence-electron chi connectivity index (χ2n) is 2.93. The van der Waals surface area contributed by atoms with Crippen LogP contribution in [0.15, 0.2) is 29.6 Å². The van der Waals surface area contributed by atoms with Gasteiger partial charge in [0.15, 0.2) is 0 Å². The first-order valence-electron chi connectivity index (χ1n) is 4.33. The van der Waals surface area contributed by atoms with Crippen LogP contribution >= 0.6 is 22.7 Å². The summed E-state index contributed by atoms with van der Waals surface area (Å²) in [7, 11) is 0. The Hall–Kier alpha value is -0.680. The lowest BCUT2D eigenvalue weighted by molar-refractivity contribution is 0.190. The number of hydrogen-bond donors (Lipinski definition) is 2. The molecule has 3 N–H and O–H groups in total. The molecule has 2 rings (SSSR count). The van der Waals surface area contributed by atoms with Crippen molar-refractivity contribution in [2.45, 2.75) is 6.10 Å². The van der Waals surface area contributed by atoms with Crippen molar-refractivity contribution in [3.05, 3.63) is 34.5 Å². The van der Waals surface area contributed by atoms with E-state index in [4.69, 9.17) is 5.73 Å². The van der Waals surface area contributed by atoms with E-state index >= 15 is 0 Å². The molecule has 0 saturated carbocycles. The van der Waals surface area contributed by atoms with E-state index in [2.05, 4.69) is 6.07 Å². The van der Waals surface area contributed by atoms with Crippen molar-refractivity contribution in [3.63, 3.8) is 0 Å². The van der Waals surface area contributed by atoms with Crippen molar-refractivity contribution in [3.8, 4) is 9.75 Å². The Morgan fingerprint density at radius 3 is 2.79 bits per heavy atom. The van der Waals surface area contributed by atoms with Gasteiger partial charge in [-0.2, -0.15) is 0 Å². The minimum atomic E-state index is -0.520. The molecule has 2 aromatic rings. The van der Waals surface area contributed by atoms with Crippen LogP contribution in [0.4, 0.5) is 0 Å². The smallest absolute Gasteiger partial charge is 0.100 e. The fraction of sp³-hybridized carbons (Fsp3) is 0.200. The summed E-state index contributed by atoms with van der Waals surface area (Å²) in [4.78, 5) is 3.38. The summed E-state index contributed by atoms with van der Waals surface area (Å²) in [6.45, 7) is 0.282. The number of rotatable bonds is 3. The van der Waals surface area contributed by atoms with E-state index in [9.17, 15) is 5.11 Å². The van der Waals surface area contributed by atoms with Crippen molar-refractivity contribution < 1.29 is 5.11 Å². The SMILES string of the molecule is NCC(O)c1ccc(-c2cccs2)s1. The molecule has 0 aromatic carbocycles. The molecule has 14 heavy (non-hydrogen) atoms. The zero-order valence-electron chi connectivity index (χ0n) is 7.51. The molecule has 0 aliphatic carbocycles. The molecule has 0 aliphatic heterocycles. The molecule has 0 spiro atoms. The van der Waals surface area contributed by atoms with Gasteiger partial charge in [-0.15, -0.1) is 22.7 Å². The van der Waals surface area contributed by atoms with Gasteiger partial charge in [-0.3, -0.25) is 0 Å². The predicted octanol–water partition coefficient (Wildman–Crippen LogP) is 2.47. The Kier molecular flexibility index (Phi) is 2.98. The van der Waals surface area contributed by atoms with Gasteiger partial charge in [-0.05, 0) is 23.6 Å². The number of hydrogen-bond acceptors (Lipinski definition) is 4. The predicted molar refractivity (Wildman–Crippen MR) is 61.6 cm³/mol. The highest BCUT2D eigenvalue weighted by molar-refractivity contribution is 7.21. The molecule has 0 bridgehead atoms. The van der Waals surface area contributed by atoms with Crippen LogP contribution in [-0.2, 0) is 0 Å². The van der Waals surface area contributed by atoms with Crippen LogP contribution in [-0.4, -0.2) is 11.7 Å². The van der Waals surface area contributed by atoms with Crippen molar-refractivity contribution in [1.82, 2.24) is 0 Å². The van der Waals surface area contributed by atoms with Gasteiger partial charge in [0.2, 0.25) is 0 Å². The van der Waals surface area contributed by atoms with Gasteiger partial charge >= 0.3 is 0 Å². The molecular weight excluding hydrogens is 214 g/mol. The molecule has 0 saturated heterocycles. The number of nitrogens with two attached hydrogens (primary N) is 1. The molecule has 0 amide bonds. The van der Waals surface area contributed by atoms with Crippen LogP contribution in [0.25, 0.3) is 9.75 Å². The average Bonchev–Trinajstić information content (AvgIpc) is 2.86. The Balaban J connectivity index is 2.26. The summed E-state index contributed by atoms with van der Waals surface area (Å²) in [5.74, 6) is 0. The fourth-order valence-electron chi connectivity index (χ4n) is 1.20. The largest absolute Gasteiger partial charge is 0.386 e. The van der Waals surface area contributed by atoms with Crippen molar-refractivity contribution >= 4 is 22.7 Å². The Morgan fingerprint density at radius 1 is 1.29 bits per heavy atom. The van der Waals surface area contributed by atoms with Gasteiger partial charge in [0.05, 0.1) is 0 Å². The van der Waals surface area contributed by atoms with Crippen LogP contribution < -0.4 is 5.73 Å². The maximum Gasteiger partial charge on any atom is 0.100 e. The van der Waals surface area contributed by atoms with E-state index in [1.54, 1.807) is 22.7 Å². The van der Waals surface area contributed by atoms with Gasteiger partial charge in [-0.25, -0.2) is 0 Å². The van der Waals surface area contributed by atoms with Crippen LogP contribution in [0.5, 0.6) is 0 Å². The molecule has 74 valence electrons. The topological polar surface area (TPSA) is 46.2 Å². The first kappa shape index (κ1) is 9.86. The molecule has 0 fully saturated rings. The second-order valence-corrected chi connectivity index (χ2v) is 4.99. The maximum absolute atomic E-state index is 9.53. The lowest BCUT2D eigenvalue weighted by Gasteiger charge is -2.02. The first-order valence-corrected chi connectivity index (χ1v) is 6.02. The third-order valence-corrected chi connectivity index (χ3v) is 4.19. The van der Waals surface area contributed by atoms with E-state index < -0.39 is 6.10 Å². The highest BCUT2D eigenvalue weighted by Gasteiger charge is 2.09. The Bertz CT molecular complexity index is 394. The molecule has 0 aliphatic rings. The van der Waals surface area contributed by atoms with Gasteiger partial charge in [-0.1, -0.05) is 6.07 Å². The van der Waals surface area contributed by atoms with E-state index in [0.29, 0.717) is 0 Å². The van der Waals surface area contributed by atoms with Crippen molar-refractivity contribution in [1.29, 1.82) is 0 Å². The first-order chi connectivity index (χ1) is 6.81. The van der Waals surface area contributed by atoms with Crippen LogP contribution in [0.1, 0.15) is 11.0 Å². The summed E-state index contributed by atoms with van der Waals surface area (Å²) in [6.07, 6.45) is -0.520. The van der Waals surface area contributed by atoms with Crippen molar-refractivity contribution in [2.24, 2.45) is 5.73 Å². The van der Waals surface area contributed by atoms with Gasteiger partial charge in [0, 0.05) is 21.2 Å². The molecule has 1 atom stereocenters. The quantitative estimate of drug-likeness (QED) is 0.843. The summed E-state index contributed by atoms with van der Waals surface area (Å²) < 4.78 is 0. The second kappa shape index (κ2) is 4.23. The number of aliphatic hydroxyl groups is 1. The van der Waals surface area contributed by atoms with Crippen molar-refractivity contribution in [2.75, 3.05) is 6.54 Å². The average molecular weight is 225 g/mol. The molecule has 1 unspecified atom stereocenters. The van der Waals surface area contributed by atoms with Crippen LogP contribution in [0, 0.1) is 0 Å². The minimum absolute atomic E-state index is 0.282. The molecule has 2 nitrogen and oxygen atoms in total. The fourth-order valence-corrected chi connectivity index (χ4v) is 3.04. The van der Waals surface area contributed by atoms with Gasteiger partial charge in [0.1, 0.15) is 6.10 Å². The van der Waals surface area contributed by atoms with Crippen LogP contribution in [0.2, 0.25) is 0 Å². The van der Waals surface area contributed by atoms with Gasteiger partial charge in [0.25, 0.3) is 0 Å². The standard InChI is InChI=1S/C10H11NOS2/c11-6-7(12)8-3-4-10(14-8)9-2-1-5-13-9/h1-5,7,12H,6,11H2. The third kappa shape index (κ3) is 1.88. The minimum Gasteiger partial charge on any atom is -0.386 e. The number of aliphatic hydroxyl groups excluding tert-OH is 1. The van der Waals surface area contributed by atoms with Crippen LogP contribution in [0.3, 0.4) is 0 Å². The third-order valence-electron chi connectivity index (χ3n) is 1.94. The maximum atomic E-state index is 9.53. The zero-order chi connectivity index (χ0) is 9.97. The lowest BCUT2D eigenvalue weighted by Crippen LogP contribution is -2.09. The monoisotopic (exact) mass is 225 g/mol. The van der Waals surface area contributed by atoms with E-state index in [1.165, 1.54) is 9.75 Å². The normalized spacial score (nSPS) is 13.0. The Morgan fingerprint density at radius 2 is 2.14 bits per heavy atom. The molecule has 2 heterocycles. The highest BCUT2D eigenvalue weighted by Crippen LogP contribution is 2.33. The summed E-state index contributed by atoms with van der Waals surface area (Å²) in [5, 5.41) is 11.6. The molecule has 4 heteroatoms. The number of thiophene rings is 2. The zero-order valence-corrected chi connectivity index (χ0v) is 9.15. The van der Waals surface area contributed by atoms with E-state index in [1.807, 2.05) is 23.6 Å².